The Bertz CT molecular complexity index is 573. The van der Waals surface area contributed by atoms with Gasteiger partial charge in [0, 0.05) is 6.04 Å². The van der Waals surface area contributed by atoms with E-state index in [1.807, 2.05) is 18.2 Å². The summed E-state index contributed by atoms with van der Waals surface area (Å²) in [6, 6.07) is 8.53. The highest BCUT2D eigenvalue weighted by molar-refractivity contribution is 7.18. The molecule has 0 radical (unpaired) electrons. The molecule has 2 aromatic rings. The third-order valence-electron chi connectivity index (χ3n) is 3.50. The van der Waals surface area contributed by atoms with Crippen molar-refractivity contribution in [2.45, 2.75) is 31.8 Å². The number of aromatic nitrogens is 1. The normalized spacial score (nSPS) is 16.9. The van der Waals surface area contributed by atoms with E-state index in [0.29, 0.717) is 6.04 Å². The van der Waals surface area contributed by atoms with Crippen LogP contribution < -0.4 is 0 Å². The first kappa shape index (κ1) is 12.6. The molecule has 1 aromatic heterocycles. The zero-order chi connectivity index (χ0) is 13.4. The first-order valence-electron chi connectivity index (χ1n) is 6.48. The van der Waals surface area contributed by atoms with E-state index >= 15 is 0 Å². The number of carbonyl (C=O) groups is 1. The molecule has 1 atom stereocenters. The van der Waals surface area contributed by atoms with E-state index in [1.54, 1.807) is 11.3 Å². The van der Waals surface area contributed by atoms with Crippen molar-refractivity contribution < 1.29 is 9.90 Å². The first-order chi connectivity index (χ1) is 9.15. The number of carboxylic acid groups (broad SMARTS) is 1. The maximum atomic E-state index is 11.0. The summed E-state index contributed by atoms with van der Waals surface area (Å²) in [4.78, 5) is 17.7. The summed E-state index contributed by atoms with van der Waals surface area (Å²) in [6.45, 7) is 2.15. The van der Waals surface area contributed by atoms with E-state index < -0.39 is 5.97 Å². The summed E-state index contributed by atoms with van der Waals surface area (Å²) in [6.07, 6.45) is 2.20. The quantitative estimate of drug-likeness (QED) is 0.912. The number of para-hydroxylation sites is 1. The van der Waals surface area contributed by atoms with Crippen molar-refractivity contribution in [3.63, 3.8) is 0 Å². The number of thiazole rings is 1. The molecule has 0 spiro atoms. The van der Waals surface area contributed by atoms with Crippen LogP contribution >= 0.6 is 11.3 Å². The van der Waals surface area contributed by atoms with Crippen LogP contribution in [-0.2, 0) is 4.79 Å². The van der Waals surface area contributed by atoms with Gasteiger partial charge in [0.2, 0.25) is 0 Å². The third-order valence-corrected chi connectivity index (χ3v) is 4.71. The van der Waals surface area contributed by atoms with E-state index in [0.717, 1.165) is 28.1 Å². The maximum absolute atomic E-state index is 11.0. The maximum Gasteiger partial charge on any atom is 0.317 e. The van der Waals surface area contributed by atoms with Crippen LogP contribution in [0.15, 0.2) is 24.3 Å². The predicted octanol–water partition coefficient (Wildman–Crippen LogP) is 2.91. The topological polar surface area (TPSA) is 53.4 Å². The van der Waals surface area contributed by atoms with E-state index in [4.69, 9.17) is 5.11 Å². The molecule has 1 aliphatic carbocycles. The lowest BCUT2D eigenvalue weighted by Gasteiger charge is -2.25. The zero-order valence-electron chi connectivity index (χ0n) is 10.7. The molecule has 1 heterocycles. The summed E-state index contributed by atoms with van der Waals surface area (Å²) in [5.74, 6) is -0.764. The summed E-state index contributed by atoms with van der Waals surface area (Å²) >= 11 is 1.66. The molecule has 19 heavy (non-hydrogen) atoms. The van der Waals surface area contributed by atoms with E-state index in [2.05, 4.69) is 22.9 Å². The number of nitrogens with zero attached hydrogens (tertiary/aromatic N) is 2. The molecule has 1 unspecified atom stereocenters. The van der Waals surface area contributed by atoms with Crippen LogP contribution in [0.4, 0.5) is 0 Å². The van der Waals surface area contributed by atoms with Gasteiger partial charge in [0.1, 0.15) is 5.01 Å². The molecule has 1 N–H and O–H groups in total. The fraction of sp³-hybridized carbons (Fsp3) is 0.429. The Balaban J connectivity index is 1.88. The number of hydrogen-bond donors (Lipinski definition) is 1. The van der Waals surface area contributed by atoms with Crippen LogP contribution in [0.1, 0.15) is 30.8 Å². The lowest BCUT2D eigenvalue weighted by molar-refractivity contribution is -0.139. The molecular formula is C14H16N2O2S. The van der Waals surface area contributed by atoms with Gasteiger partial charge >= 0.3 is 5.97 Å². The largest absolute Gasteiger partial charge is 0.480 e. The lowest BCUT2D eigenvalue weighted by Crippen LogP contribution is -2.34. The lowest BCUT2D eigenvalue weighted by atomic mass is 10.2. The number of fused-ring (bicyclic) bond motifs is 1. The van der Waals surface area contributed by atoms with Crippen molar-refractivity contribution in [3.8, 4) is 0 Å². The highest BCUT2D eigenvalue weighted by Gasteiger charge is 2.35. The molecule has 0 amide bonds. The fourth-order valence-electron chi connectivity index (χ4n) is 2.36. The van der Waals surface area contributed by atoms with Gasteiger partial charge in [-0.25, -0.2) is 4.98 Å². The van der Waals surface area contributed by atoms with Gasteiger partial charge in [-0.05, 0) is 31.9 Å². The van der Waals surface area contributed by atoms with Crippen molar-refractivity contribution in [2.75, 3.05) is 6.54 Å². The average Bonchev–Trinajstić information content (AvgIpc) is 3.13. The zero-order valence-corrected chi connectivity index (χ0v) is 11.6. The molecule has 1 fully saturated rings. The molecule has 3 rings (SSSR count). The number of rotatable bonds is 5. The van der Waals surface area contributed by atoms with Crippen molar-refractivity contribution in [3.05, 3.63) is 29.3 Å². The summed E-state index contributed by atoms with van der Waals surface area (Å²) < 4.78 is 1.16. The second kappa shape index (κ2) is 4.90. The van der Waals surface area contributed by atoms with Crippen LogP contribution in [0.2, 0.25) is 0 Å². The molecular weight excluding hydrogens is 260 g/mol. The predicted molar refractivity (Wildman–Crippen MR) is 75.4 cm³/mol. The molecule has 0 aliphatic heterocycles. The number of aliphatic carboxylic acids is 1. The average molecular weight is 276 g/mol. The van der Waals surface area contributed by atoms with Crippen LogP contribution in [0.5, 0.6) is 0 Å². The van der Waals surface area contributed by atoms with Gasteiger partial charge in [-0.1, -0.05) is 12.1 Å². The van der Waals surface area contributed by atoms with E-state index in [-0.39, 0.29) is 12.6 Å². The Morgan fingerprint density at radius 3 is 2.89 bits per heavy atom. The van der Waals surface area contributed by atoms with Crippen LogP contribution in [0.3, 0.4) is 0 Å². The van der Waals surface area contributed by atoms with Crippen LogP contribution in [-0.4, -0.2) is 33.5 Å². The minimum atomic E-state index is -0.764. The SMILES string of the molecule is CC(c1nc2ccccc2s1)N(CC(=O)O)C1CC1. The first-order valence-corrected chi connectivity index (χ1v) is 7.30. The molecule has 1 aliphatic rings. The Kier molecular flexibility index (Phi) is 3.24. The minimum absolute atomic E-state index is 0.0704. The minimum Gasteiger partial charge on any atom is -0.480 e. The van der Waals surface area contributed by atoms with Crippen molar-refractivity contribution in [1.29, 1.82) is 0 Å². The van der Waals surface area contributed by atoms with E-state index in [1.165, 1.54) is 0 Å². The van der Waals surface area contributed by atoms with Gasteiger partial charge in [0.25, 0.3) is 0 Å². The van der Waals surface area contributed by atoms with Crippen molar-refractivity contribution in [1.82, 2.24) is 9.88 Å². The Morgan fingerprint density at radius 2 is 2.26 bits per heavy atom. The Labute approximate surface area is 115 Å². The summed E-state index contributed by atoms with van der Waals surface area (Å²) in [5.41, 5.74) is 1.00. The highest BCUT2D eigenvalue weighted by atomic mass is 32.1. The molecule has 100 valence electrons. The van der Waals surface area contributed by atoms with Crippen LogP contribution in [0, 0.1) is 0 Å². The van der Waals surface area contributed by atoms with E-state index in [9.17, 15) is 4.79 Å². The van der Waals surface area contributed by atoms with Crippen molar-refractivity contribution >= 4 is 27.5 Å². The van der Waals surface area contributed by atoms with Gasteiger partial charge in [0.05, 0.1) is 22.8 Å². The number of benzene rings is 1. The molecule has 0 saturated heterocycles. The van der Waals surface area contributed by atoms with Gasteiger partial charge in [-0.15, -0.1) is 11.3 Å². The van der Waals surface area contributed by atoms with Crippen LogP contribution in [0.25, 0.3) is 10.2 Å². The molecule has 0 bridgehead atoms. The third kappa shape index (κ3) is 2.62. The fourth-order valence-corrected chi connectivity index (χ4v) is 3.40. The molecule has 5 heteroatoms. The van der Waals surface area contributed by atoms with Gasteiger partial charge in [-0.3, -0.25) is 9.69 Å². The molecule has 1 aromatic carbocycles. The second-order valence-electron chi connectivity index (χ2n) is 4.99. The van der Waals surface area contributed by atoms with Gasteiger partial charge in [0.15, 0.2) is 0 Å². The smallest absolute Gasteiger partial charge is 0.317 e. The molecule has 1 saturated carbocycles. The number of carboxylic acids is 1. The highest BCUT2D eigenvalue weighted by Crippen LogP contribution is 2.36. The van der Waals surface area contributed by atoms with Gasteiger partial charge < -0.3 is 5.11 Å². The monoisotopic (exact) mass is 276 g/mol. The molecule has 4 nitrogen and oxygen atoms in total. The summed E-state index contributed by atoms with van der Waals surface area (Å²) in [5, 5.41) is 10.0. The van der Waals surface area contributed by atoms with Crippen molar-refractivity contribution in [2.24, 2.45) is 0 Å². The second-order valence-corrected chi connectivity index (χ2v) is 6.06. The Hall–Kier alpha value is -1.46. The standard InChI is InChI=1S/C14H16N2O2S/c1-9(16(8-13(17)18)10-6-7-10)14-15-11-4-2-3-5-12(11)19-14/h2-5,9-10H,6-8H2,1H3,(H,17,18). The van der Waals surface area contributed by atoms with Gasteiger partial charge in [-0.2, -0.15) is 0 Å². The summed E-state index contributed by atoms with van der Waals surface area (Å²) in [7, 11) is 0. The number of hydrogen-bond acceptors (Lipinski definition) is 4. The Morgan fingerprint density at radius 1 is 1.53 bits per heavy atom.